The van der Waals surface area contributed by atoms with Crippen LogP contribution in [0.15, 0.2) is 77.4 Å². The Hall–Kier alpha value is -5.45. The molecule has 11 heteroatoms. The largest absolute Gasteiger partial charge is 0.467 e. The summed E-state index contributed by atoms with van der Waals surface area (Å²) in [6, 6.07) is 21.9. The molecule has 5 aromatic heterocycles. The molecule has 0 aliphatic heterocycles. The molecular weight excluding hydrogens is 480 g/mol. The Balaban J connectivity index is 1.56. The number of nitrogens with zero attached hydrogens (tertiary/aromatic N) is 7. The fourth-order valence-corrected chi connectivity index (χ4v) is 4.84. The van der Waals surface area contributed by atoms with E-state index in [0.717, 1.165) is 16.6 Å². The van der Waals surface area contributed by atoms with Gasteiger partial charge in [0.1, 0.15) is 34.0 Å². The van der Waals surface area contributed by atoms with Gasteiger partial charge >= 0.3 is 0 Å². The minimum Gasteiger partial charge on any atom is -0.467 e. The maximum absolute atomic E-state index is 6.88. The SMILES string of the molecule is Nc1nnc(N)c2nc3c(nc12)c(-c1nc2ccccc2n1Cc1ccccc1)c(N)n3Cc1ccco1. The number of para-hydroxylation sites is 2. The van der Waals surface area contributed by atoms with Crippen LogP contribution in [-0.4, -0.2) is 34.3 Å². The fourth-order valence-electron chi connectivity index (χ4n) is 4.84. The summed E-state index contributed by atoms with van der Waals surface area (Å²) < 4.78 is 9.61. The second-order valence-electron chi connectivity index (χ2n) is 8.99. The first-order chi connectivity index (χ1) is 18.6. The Kier molecular flexibility index (Phi) is 4.76. The quantitative estimate of drug-likeness (QED) is 0.317. The number of furan rings is 1. The smallest absolute Gasteiger partial charge is 0.174 e. The van der Waals surface area contributed by atoms with E-state index in [2.05, 4.69) is 26.9 Å². The Bertz CT molecular complexity index is 1960. The molecular formula is C27H22N10O. The second-order valence-corrected chi connectivity index (χ2v) is 8.99. The molecule has 5 heterocycles. The van der Waals surface area contributed by atoms with Crippen molar-refractivity contribution in [2.24, 2.45) is 0 Å². The molecule has 0 amide bonds. The Morgan fingerprint density at radius 1 is 0.684 bits per heavy atom. The number of rotatable bonds is 5. The number of hydrogen-bond acceptors (Lipinski definition) is 9. The summed E-state index contributed by atoms with van der Waals surface area (Å²) in [6.07, 6.45) is 1.62. The third-order valence-corrected chi connectivity index (χ3v) is 6.62. The molecule has 0 saturated carbocycles. The average molecular weight is 503 g/mol. The van der Waals surface area contributed by atoms with Crippen molar-refractivity contribution >= 4 is 50.7 Å². The highest BCUT2D eigenvalue weighted by molar-refractivity contribution is 6.04. The standard InChI is InChI=1S/C27H22N10O/c28-23-21-22(24(29)35-34-23)33-27-20(32-21)19(25(30)37(27)14-16-9-6-12-38-16)26-31-17-10-4-5-11-18(17)36(26)13-15-7-2-1-3-8-15/h1-12H,13-14,30H2,(H2,28,34)(H2,29,35). The Morgan fingerprint density at radius 2 is 1.42 bits per heavy atom. The predicted octanol–water partition coefficient (Wildman–Crippen LogP) is 3.83. The molecule has 186 valence electrons. The molecule has 0 aliphatic carbocycles. The van der Waals surface area contributed by atoms with Crippen LogP contribution in [0, 0.1) is 0 Å². The van der Waals surface area contributed by atoms with Crippen LogP contribution < -0.4 is 17.2 Å². The maximum Gasteiger partial charge on any atom is 0.174 e. The summed E-state index contributed by atoms with van der Waals surface area (Å²) in [7, 11) is 0. The van der Waals surface area contributed by atoms with E-state index in [1.54, 1.807) is 6.26 Å². The van der Waals surface area contributed by atoms with Crippen molar-refractivity contribution in [3.05, 3.63) is 84.3 Å². The molecule has 0 aliphatic rings. The molecule has 11 nitrogen and oxygen atoms in total. The van der Waals surface area contributed by atoms with E-state index in [0.29, 0.717) is 58.3 Å². The van der Waals surface area contributed by atoms with Crippen LogP contribution in [-0.2, 0) is 13.1 Å². The van der Waals surface area contributed by atoms with Gasteiger partial charge in [0.15, 0.2) is 17.3 Å². The number of hydrogen-bond donors (Lipinski definition) is 3. The lowest BCUT2D eigenvalue weighted by atomic mass is 10.2. The van der Waals surface area contributed by atoms with Gasteiger partial charge in [0.2, 0.25) is 0 Å². The number of anilines is 3. The van der Waals surface area contributed by atoms with E-state index in [4.69, 9.17) is 36.6 Å². The van der Waals surface area contributed by atoms with Gasteiger partial charge in [-0.05, 0) is 29.8 Å². The van der Waals surface area contributed by atoms with Gasteiger partial charge in [0, 0.05) is 6.54 Å². The molecule has 0 radical (unpaired) electrons. The third-order valence-electron chi connectivity index (χ3n) is 6.62. The molecule has 0 unspecified atom stereocenters. The zero-order valence-electron chi connectivity index (χ0n) is 20.1. The zero-order chi connectivity index (χ0) is 25.8. The summed E-state index contributed by atoms with van der Waals surface area (Å²) in [6.45, 7) is 0.922. The lowest BCUT2D eigenvalue weighted by Gasteiger charge is -2.10. The van der Waals surface area contributed by atoms with Gasteiger partial charge in [-0.3, -0.25) is 0 Å². The van der Waals surface area contributed by atoms with Crippen molar-refractivity contribution in [2.75, 3.05) is 17.2 Å². The molecule has 0 saturated heterocycles. The van der Waals surface area contributed by atoms with Gasteiger partial charge in [0.25, 0.3) is 0 Å². The molecule has 38 heavy (non-hydrogen) atoms. The van der Waals surface area contributed by atoms with Crippen molar-refractivity contribution in [3.8, 4) is 11.4 Å². The van der Waals surface area contributed by atoms with E-state index >= 15 is 0 Å². The highest BCUT2D eigenvalue weighted by Crippen LogP contribution is 2.38. The first-order valence-corrected chi connectivity index (χ1v) is 12.0. The zero-order valence-corrected chi connectivity index (χ0v) is 20.1. The van der Waals surface area contributed by atoms with E-state index < -0.39 is 0 Å². The number of imidazole rings is 1. The van der Waals surface area contributed by atoms with Crippen LogP contribution in [0.4, 0.5) is 17.5 Å². The van der Waals surface area contributed by atoms with Crippen LogP contribution in [0.1, 0.15) is 11.3 Å². The van der Waals surface area contributed by atoms with E-state index in [1.165, 1.54) is 0 Å². The number of aromatic nitrogens is 7. The highest BCUT2D eigenvalue weighted by atomic mass is 16.3. The lowest BCUT2D eigenvalue weighted by molar-refractivity contribution is 0.497. The Morgan fingerprint density at radius 3 is 2.18 bits per heavy atom. The van der Waals surface area contributed by atoms with Crippen molar-refractivity contribution in [1.82, 2.24) is 34.3 Å². The third kappa shape index (κ3) is 3.33. The topological polar surface area (TPSA) is 166 Å². The molecule has 2 aromatic carbocycles. The van der Waals surface area contributed by atoms with Crippen LogP contribution in [0.2, 0.25) is 0 Å². The van der Waals surface area contributed by atoms with Gasteiger partial charge in [-0.25, -0.2) is 15.0 Å². The van der Waals surface area contributed by atoms with E-state index in [1.807, 2.05) is 59.2 Å². The maximum atomic E-state index is 6.88. The van der Waals surface area contributed by atoms with Crippen molar-refractivity contribution in [3.63, 3.8) is 0 Å². The van der Waals surface area contributed by atoms with Crippen LogP contribution in [0.3, 0.4) is 0 Å². The summed E-state index contributed by atoms with van der Waals surface area (Å²) in [4.78, 5) is 14.7. The van der Waals surface area contributed by atoms with Crippen molar-refractivity contribution < 1.29 is 4.42 Å². The normalized spacial score (nSPS) is 11.7. The summed E-state index contributed by atoms with van der Waals surface area (Å²) in [5.74, 6) is 2.07. The Labute approximate surface area is 215 Å². The molecule has 0 bridgehead atoms. The van der Waals surface area contributed by atoms with Crippen molar-refractivity contribution in [1.29, 1.82) is 0 Å². The fraction of sp³-hybridized carbons (Fsp3) is 0.0741. The molecule has 7 rings (SSSR count). The predicted molar refractivity (Wildman–Crippen MR) is 146 cm³/mol. The first kappa shape index (κ1) is 21.8. The van der Waals surface area contributed by atoms with Gasteiger partial charge in [-0.1, -0.05) is 42.5 Å². The number of fused-ring (bicyclic) bond motifs is 3. The van der Waals surface area contributed by atoms with Gasteiger partial charge in [-0.2, -0.15) is 0 Å². The molecule has 0 fully saturated rings. The van der Waals surface area contributed by atoms with Crippen LogP contribution in [0.5, 0.6) is 0 Å². The molecule has 0 spiro atoms. The van der Waals surface area contributed by atoms with Crippen LogP contribution >= 0.6 is 0 Å². The number of benzene rings is 2. The van der Waals surface area contributed by atoms with Crippen LogP contribution in [0.25, 0.3) is 44.6 Å². The first-order valence-electron chi connectivity index (χ1n) is 12.0. The summed E-state index contributed by atoms with van der Waals surface area (Å²) >= 11 is 0. The monoisotopic (exact) mass is 502 g/mol. The summed E-state index contributed by atoms with van der Waals surface area (Å²) in [5, 5.41) is 7.86. The summed E-state index contributed by atoms with van der Waals surface area (Å²) in [5.41, 5.74) is 24.5. The van der Waals surface area contributed by atoms with Gasteiger partial charge < -0.3 is 30.8 Å². The second kappa shape index (κ2) is 8.30. The number of nitrogens with two attached hydrogens (primary N) is 3. The molecule has 0 atom stereocenters. The minimum absolute atomic E-state index is 0.129. The van der Waals surface area contributed by atoms with E-state index in [9.17, 15) is 0 Å². The minimum atomic E-state index is 0.129. The lowest BCUT2D eigenvalue weighted by Crippen LogP contribution is -2.07. The van der Waals surface area contributed by atoms with Crippen molar-refractivity contribution in [2.45, 2.75) is 13.1 Å². The molecule has 7 aromatic rings. The number of nitrogen functional groups attached to an aromatic ring is 3. The van der Waals surface area contributed by atoms with E-state index in [-0.39, 0.29) is 11.6 Å². The van der Waals surface area contributed by atoms with Gasteiger partial charge in [-0.15, -0.1) is 10.2 Å². The molecule has 6 N–H and O–H groups in total. The highest BCUT2D eigenvalue weighted by Gasteiger charge is 2.26. The van der Waals surface area contributed by atoms with Gasteiger partial charge in [0.05, 0.1) is 29.4 Å². The average Bonchev–Trinajstić information content (AvgIpc) is 3.64.